The number of ether oxygens (including phenoxy) is 1. The van der Waals surface area contributed by atoms with Crippen LogP contribution in [0.25, 0.3) is 0 Å². The molecule has 0 aromatic rings. The van der Waals surface area contributed by atoms with Crippen LogP contribution in [-0.4, -0.2) is 28.6 Å². The molecule has 2 saturated carbocycles. The first-order valence-corrected chi connectivity index (χ1v) is 5.83. The number of methoxy groups -OCH3 is 1. The SMILES string of the molecule is COC1(C)CC2C(Br)CC1C2C(=O)O. The van der Waals surface area contributed by atoms with Crippen LogP contribution < -0.4 is 0 Å². The van der Waals surface area contributed by atoms with Gasteiger partial charge in [-0.1, -0.05) is 15.9 Å². The lowest BCUT2D eigenvalue weighted by atomic mass is 9.85. The van der Waals surface area contributed by atoms with Gasteiger partial charge in [0.05, 0.1) is 11.5 Å². The van der Waals surface area contributed by atoms with Crippen LogP contribution in [0.3, 0.4) is 0 Å². The lowest BCUT2D eigenvalue weighted by Crippen LogP contribution is -2.37. The number of hydrogen-bond donors (Lipinski definition) is 1. The first-order valence-electron chi connectivity index (χ1n) is 4.91. The topological polar surface area (TPSA) is 46.5 Å². The van der Waals surface area contributed by atoms with Crippen LogP contribution in [0.15, 0.2) is 0 Å². The van der Waals surface area contributed by atoms with Gasteiger partial charge < -0.3 is 9.84 Å². The van der Waals surface area contributed by atoms with Crippen molar-refractivity contribution in [2.45, 2.75) is 30.2 Å². The highest BCUT2D eigenvalue weighted by molar-refractivity contribution is 9.09. The number of rotatable bonds is 2. The molecule has 80 valence electrons. The molecule has 0 aliphatic heterocycles. The number of carboxylic acid groups (broad SMARTS) is 1. The van der Waals surface area contributed by atoms with Crippen molar-refractivity contribution in [3.8, 4) is 0 Å². The van der Waals surface area contributed by atoms with Gasteiger partial charge >= 0.3 is 5.97 Å². The van der Waals surface area contributed by atoms with Gasteiger partial charge in [0.2, 0.25) is 0 Å². The van der Waals surface area contributed by atoms with Crippen LogP contribution >= 0.6 is 15.9 Å². The summed E-state index contributed by atoms with van der Waals surface area (Å²) in [5.74, 6) is -0.478. The molecule has 5 atom stereocenters. The molecular formula is C10H15BrO3. The maximum Gasteiger partial charge on any atom is 0.307 e. The molecule has 2 bridgehead atoms. The number of carboxylic acids is 1. The Balaban J connectivity index is 2.28. The third-order valence-corrected chi connectivity index (χ3v) is 5.07. The Morgan fingerprint density at radius 1 is 1.64 bits per heavy atom. The Kier molecular flexibility index (Phi) is 2.39. The molecular weight excluding hydrogens is 248 g/mol. The molecule has 2 rings (SSSR count). The molecule has 0 amide bonds. The van der Waals surface area contributed by atoms with E-state index in [0.29, 0.717) is 4.83 Å². The monoisotopic (exact) mass is 262 g/mol. The van der Waals surface area contributed by atoms with E-state index in [9.17, 15) is 4.79 Å². The third-order valence-electron chi connectivity index (χ3n) is 4.02. The number of aliphatic carboxylic acids is 1. The fraction of sp³-hybridized carbons (Fsp3) is 0.900. The van der Waals surface area contributed by atoms with Gasteiger partial charge in [0.25, 0.3) is 0 Å². The summed E-state index contributed by atoms with van der Waals surface area (Å²) < 4.78 is 5.48. The standard InChI is InChI=1S/C10H15BrO3/c1-10(14-2)4-5-7(11)3-6(10)8(5)9(12)13/h5-8H,3-4H2,1-2H3,(H,12,13). The predicted molar refractivity (Wildman–Crippen MR) is 55.5 cm³/mol. The molecule has 2 fully saturated rings. The van der Waals surface area contributed by atoms with Gasteiger partial charge in [-0.25, -0.2) is 0 Å². The van der Waals surface area contributed by atoms with Crippen LogP contribution in [0.4, 0.5) is 0 Å². The van der Waals surface area contributed by atoms with Gasteiger partial charge in [-0.2, -0.15) is 0 Å². The molecule has 3 nitrogen and oxygen atoms in total. The molecule has 5 unspecified atom stereocenters. The normalized spacial score (nSPS) is 51.1. The molecule has 2 aliphatic rings. The first-order chi connectivity index (χ1) is 6.49. The van der Waals surface area contributed by atoms with Crippen molar-refractivity contribution in [2.75, 3.05) is 7.11 Å². The Morgan fingerprint density at radius 3 is 2.71 bits per heavy atom. The lowest BCUT2D eigenvalue weighted by molar-refractivity contribution is -0.144. The van der Waals surface area contributed by atoms with Gasteiger partial charge in [-0.05, 0) is 25.7 Å². The van der Waals surface area contributed by atoms with Crippen LogP contribution in [0.2, 0.25) is 0 Å². The van der Waals surface area contributed by atoms with E-state index in [1.807, 2.05) is 6.92 Å². The molecule has 2 aliphatic carbocycles. The summed E-state index contributed by atoms with van der Waals surface area (Å²) in [6.07, 6.45) is 1.78. The van der Waals surface area contributed by atoms with Gasteiger partial charge in [-0.15, -0.1) is 0 Å². The molecule has 4 heteroatoms. The zero-order chi connectivity index (χ0) is 10.5. The summed E-state index contributed by atoms with van der Waals surface area (Å²) in [5, 5.41) is 9.16. The average Bonchev–Trinajstić information content (AvgIpc) is 2.57. The summed E-state index contributed by atoms with van der Waals surface area (Å²) >= 11 is 3.57. The minimum atomic E-state index is -0.664. The average molecular weight is 263 g/mol. The molecule has 0 spiro atoms. The summed E-state index contributed by atoms with van der Waals surface area (Å²) in [4.78, 5) is 11.5. The minimum Gasteiger partial charge on any atom is -0.481 e. The van der Waals surface area contributed by atoms with Crippen LogP contribution in [-0.2, 0) is 9.53 Å². The van der Waals surface area contributed by atoms with Crippen molar-refractivity contribution in [2.24, 2.45) is 17.8 Å². The quantitative estimate of drug-likeness (QED) is 0.774. The molecule has 1 N–H and O–H groups in total. The zero-order valence-corrected chi connectivity index (χ0v) is 9.95. The number of alkyl halides is 1. The second kappa shape index (κ2) is 3.20. The van der Waals surface area contributed by atoms with E-state index in [1.54, 1.807) is 7.11 Å². The Labute approximate surface area is 91.9 Å². The highest BCUT2D eigenvalue weighted by Crippen LogP contribution is 2.58. The van der Waals surface area contributed by atoms with E-state index in [1.165, 1.54) is 0 Å². The van der Waals surface area contributed by atoms with Crippen molar-refractivity contribution >= 4 is 21.9 Å². The van der Waals surface area contributed by atoms with Crippen molar-refractivity contribution < 1.29 is 14.6 Å². The Hall–Kier alpha value is -0.0900. The van der Waals surface area contributed by atoms with E-state index >= 15 is 0 Å². The summed E-state index contributed by atoms with van der Waals surface area (Å²) in [7, 11) is 1.68. The van der Waals surface area contributed by atoms with Crippen molar-refractivity contribution in [3.05, 3.63) is 0 Å². The number of fused-ring (bicyclic) bond motifs is 2. The van der Waals surface area contributed by atoms with E-state index in [2.05, 4.69) is 15.9 Å². The smallest absolute Gasteiger partial charge is 0.307 e. The first kappa shape index (κ1) is 10.4. The van der Waals surface area contributed by atoms with Gasteiger partial charge in [0, 0.05) is 17.9 Å². The number of halogens is 1. The molecule has 0 radical (unpaired) electrons. The van der Waals surface area contributed by atoms with E-state index < -0.39 is 5.97 Å². The van der Waals surface area contributed by atoms with Gasteiger partial charge in [-0.3, -0.25) is 4.79 Å². The van der Waals surface area contributed by atoms with E-state index in [4.69, 9.17) is 9.84 Å². The van der Waals surface area contributed by atoms with Crippen molar-refractivity contribution in [1.29, 1.82) is 0 Å². The Morgan fingerprint density at radius 2 is 2.29 bits per heavy atom. The van der Waals surface area contributed by atoms with Crippen LogP contribution in [0.5, 0.6) is 0 Å². The molecule has 14 heavy (non-hydrogen) atoms. The zero-order valence-electron chi connectivity index (χ0n) is 8.37. The number of hydrogen-bond acceptors (Lipinski definition) is 2. The van der Waals surface area contributed by atoms with Gasteiger partial charge in [0.1, 0.15) is 0 Å². The highest BCUT2D eigenvalue weighted by atomic mass is 79.9. The minimum absolute atomic E-state index is 0.166. The van der Waals surface area contributed by atoms with E-state index in [0.717, 1.165) is 12.8 Å². The van der Waals surface area contributed by atoms with Crippen molar-refractivity contribution in [1.82, 2.24) is 0 Å². The molecule has 0 saturated heterocycles. The molecule has 0 aromatic heterocycles. The molecule has 0 aromatic carbocycles. The summed E-state index contributed by atoms with van der Waals surface area (Å²) in [6.45, 7) is 2.03. The maximum atomic E-state index is 11.1. The lowest BCUT2D eigenvalue weighted by Gasteiger charge is -2.34. The fourth-order valence-electron chi connectivity index (χ4n) is 3.18. The Bertz CT molecular complexity index is 268. The molecule has 0 heterocycles. The summed E-state index contributed by atoms with van der Waals surface area (Å²) in [6, 6.07) is 0. The fourth-order valence-corrected chi connectivity index (χ4v) is 4.10. The largest absolute Gasteiger partial charge is 0.481 e. The van der Waals surface area contributed by atoms with Crippen LogP contribution in [0, 0.1) is 17.8 Å². The van der Waals surface area contributed by atoms with E-state index in [-0.39, 0.29) is 23.4 Å². The van der Waals surface area contributed by atoms with Crippen LogP contribution in [0.1, 0.15) is 19.8 Å². The predicted octanol–water partition coefficient (Wildman–Crippen LogP) is 1.90. The number of carbonyl (C=O) groups is 1. The maximum absolute atomic E-state index is 11.1. The second-order valence-electron chi connectivity index (χ2n) is 4.61. The summed E-state index contributed by atoms with van der Waals surface area (Å²) in [5.41, 5.74) is -0.224. The van der Waals surface area contributed by atoms with Gasteiger partial charge in [0.15, 0.2) is 0 Å². The highest BCUT2D eigenvalue weighted by Gasteiger charge is 2.61. The van der Waals surface area contributed by atoms with Crippen molar-refractivity contribution in [3.63, 3.8) is 0 Å². The third kappa shape index (κ3) is 1.23. The second-order valence-corrected chi connectivity index (χ2v) is 5.78.